The number of aryl methyl sites for hydroxylation is 2. The number of nitrogens with one attached hydrogen (secondary N) is 2. The van der Waals surface area contributed by atoms with E-state index in [2.05, 4.69) is 27.6 Å². The van der Waals surface area contributed by atoms with Gasteiger partial charge in [-0.15, -0.1) is 24.8 Å². The van der Waals surface area contributed by atoms with Crippen LogP contribution < -0.4 is 10.6 Å². The molecule has 0 aliphatic carbocycles. The Labute approximate surface area is 179 Å². The monoisotopic (exact) mass is 427 g/mol. The van der Waals surface area contributed by atoms with Gasteiger partial charge in [0, 0.05) is 24.9 Å². The summed E-state index contributed by atoms with van der Waals surface area (Å²) < 4.78 is 1.83. The van der Waals surface area contributed by atoms with Gasteiger partial charge in [0.15, 0.2) is 5.82 Å². The van der Waals surface area contributed by atoms with E-state index in [0.717, 1.165) is 35.9 Å². The molecule has 0 saturated carbocycles. The Hall–Kier alpha value is -1.63. The molecule has 28 heavy (non-hydrogen) atoms. The van der Waals surface area contributed by atoms with Crippen LogP contribution in [0.15, 0.2) is 24.4 Å². The van der Waals surface area contributed by atoms with Gasteiger partial charge >= 0.3 is 0 Å². The fraction of sp³-hybridized carbons (Fsp3) is 0.550. The molecular weight excluding hydrogens is 397 g/mol. The highest BCUT2D eigenvalue weighted by Crippen LogP contribution is 2.24. The predicted molar refractivity (Wildman–Crippen MR) is 117 cm³/mol. The van der Waals surface area contributed by atoms with Crippen LogP contribution in [0.2, 0.25) is 0 Å². The molecule has 1 amide bonds. The first-order valence-electron chi connectivity index (χ1n) is 9.49. The summed E-state index contributed by atoms with van der Waals surface area (Å²) in [5, 5.41) is 10.8. The maximum absolute atomic E-state index is 12.2. The van der Waals surface area contributed by atoms with Crippen molar-refractivity contribution in [1.29, 1.82) is 0 Å². The Bertz CT molecular complexity index is 742. The number of carbonyl (C=O) groups excluding carboxylic acids is 1. The highest BCUT2D eigenvalue weighted by Gasteiger charge is 2.21. The number of carbonyl (C=O) groups is 1. The van der Waals surface area contributed by atoms with E-state index in [1.807, 2.05) is 42.9 Å². The lowest BCUT2D eigenvalue weighted by Crippen LogP contribution is -2.33. The van der Waals surface area contributed by atoms with Gasteiger partial charge in [-0.1, -0.05) is 13.0 Å². The summed E-state index contributed by atoms with van der Waals surface area (Å²) in [6, 6.07) is 5.97. The molecule has 156 valence electrons. The molecule has 2 aromatic rings. The maximum Gasteiger partial charge on any atom is 0.220 e. The molecule has 3 rings (SSSR count). The number of rotatable bonds is 6. The van der Waals surface area contributed by atoms with Gasteiger partial charge in [-0.05, 0) is 69.3 Å². The predicted octanol–water partition coefficient (Wildman–Crippen LogP) is 3.37. The number of amides is 1. The minimum atomic E-state index is 0. The van der Waals surface area contributed by atoms with Crippen molar-refractivity contribution in [2.45, 2.75) is 46.6 Å². The second-order valence-electron chi connectivity index (χ2n) is 7.41. The summed E-state index contributed by atoms with van der Waals surface area (Å²) in [7, 11) is 0. The van der Waals surface area contributed by atoms with Gasteiger partial charge in [0.25, 0.3) is 0 Å². The minimum absolute atomic E-state index is 0. The zero-order valence-corrected chi connectivity index (χ0v) is 18.4. The third kappa shape index (κ3) is 6.47. The summed E-state index contributed by atoms with van der Waals surface area (Å²) >= 11 is 0. The Balaban J connectivity index is 0.00000196. The van der Waals surface area contributed by atoms with Gasteiger partial charge < -0.3 is 10.6 Å². The summed E-state index contributed by atoms with van der Waals surface area (Å²) in [4.78, 5) is 16.7. The first-order chi connectivity index (χ1) is 12.5. The van der Waals surface area contributed by atoms with Crippen LogP contribution in [-0.2, 0) is 11.3 Å². The summed E-state index contributed by atoms with van der Waals surface area (Å²) in [6.07, 6.45) is 4.75. The first-order valence-corrected chi connectivity index (χ1v) is 9.49. The normalized spacial score (nSPS) is 15.2. The minimum Gasteiger partial charge on any atom is -0.352 e. The molecule has 1 aliphatic heterocycles. The fourth-order valence-electron chi connectivity index (χ4n) is 3.65. The molecule has 1 unspecified atom stereocenters. The smallest absolute Gasteiger partial charge is 0.220 e. The van der Waals surface area contributed by atoms with Crippen LogP contribution in [-0.4, -0.2) is 33.8 Å². The molecule has 1 fully saturated rings. The molecule has 0 radical (unpaired) electrons. The highest BCUT2D eigenvalue weighted by molar-refractivity contribution is 5.85. The largest absolute Gasteiger partial charge is 0.352 e. The van der Waals surface area contributed by atoms with Gasteiger partial charge in [-0.25, -0.2) is 9.67 Å². The molecule has 1 saturated heterocycles. The van der Waals surface area contributed by atoms with Crippen molar-refractivity contribution < 1.29 is 4.79 Å². The quantitative estimate of drug-likeness (QED) is 0.740. The zero-order valence-electron chi connectivity index (χ0n) is 16.8. The highest BCUT2D eigenvalue weighted by atomic mass is 35.5. The molecule has 0 aromatic carbocycles. The Morgan fingerprint density at radius 1 is 1.29 bits per heavy atom. The molecule has 2 N–H and O–H groups in total. The number of hydrogen-bond acceptors (Lipinski definition) is 4. The van der Waals surface area contributed by atoms with Gasteiger partial charge in [0.05, 0.1) is 5.69 Å². The van der Waals surface area contributed by atoms with E-state index < -0.39 is 0 Å². The molecular formula is C20H31Cl2N5O. The first kappa shape index (κ1) is 24.4. The second-order valence-corrected chi connectivity index (χ2v) is 7.41. The van der Waals surface area contributed by atoms with Crippen molar-refractivity contribution in [3.05, 3.63) is 41.3 Å². The van der Waals surface area contributed by atoms with E-state index in [9.17, 15) is 4.79 Å². The Morgan fingerprint density at radius 3 is 2.57 bits per heavy atom. The lowest BCUT2D eigenvalue weighted by Gasteiger charge is -2.27. The third-order valence-corrected chi connectivity index (χ3v) is 5.22. The summed E-state index contributed by atoms with van der Waals surface area (Å²) in [5.41, 5.74) is 3.03. The van der Waals surface area contributed by atoms with E-state index in [0.29, 0.717) is 24.8 Å². The summed E-state index contributed by atoms with van der Waals surface area (Å²) in [6.45, 7) is 8.84. The Kier molecular flexibility index (Phi) is 9.93. The lowest BCUT2D eigenvalue weighted by molar-refractivity contribution is -0.122. The van der Waals surface area contributed by atoms with Gasteiger partial charge in [0.1, 0.15) is 0 Å². The average molecular weight is 428 g/mol. The standard InChI is InChI=1S/C20H29N5O.2ClH/c1-14(18-6-8-21-9-7-18)10-20(26)23-13-17-4-5-19(22-12-17)25-16(3)11-15(2)24-25;;/h4-5,11-12,14,18,21H,6-10,13H2,1-3H3,(H,23,26);2*1H. The molecule has 0 bridgehead atoms. The van der Waals surface area contributed by atoms with Crippen LogP contribution in [0.25, 0.3) is 5.82 Å². The number of aromatic nitrogens is 3. The van der Waals surface area contributed by atoms with E-state index in [1.54, 1.807) is 0 Å². The van der Waals surface area contributed by atoms with Crippen molar-refractivity contribution in [2.75, 3.05) is 13.1 Å². The molecule has 0 spiro atoms. The lowest BCUT2D eigenvalue weighted by atomic mass is 9.84. The maximum atomic E-state index is 12.2. The third-order valence-electron chi connectivity index (χ3n) is 5.22. The van der Waals surface area contributed by atoms with Crippen LogP contribution in [0.5, 0.6) is 0 Å². The molecule has 3 heterocycles. The SMILES string of the molecule is Cc1cc(C)n(-c2ccc(CNC(=O)CC(C)C3CCNCC3)cn2)n1.Cl.Cl. The van der Waals surface area contributed by atoms with E-state index in [1.165, 1.54) is 12.8 Å². The van der Waals surface area contributed by atoms with E-state index in [4.69, 9.17) is 0 Å². The molecule has 2 aromatic heterocycles. The average Bonchev–Trinajstić information content (AvgIpc) is 2.99. The summed E-state index contributed by atoms with van der Waals surface area (Å²) in [5.74, 6) is 2.01. The molecule has 1 aliphatic rings. The number of nitrogens with zero attached hydrogens (tertiary/aromatic N) is 3. The van der Waals surface area contributed by atoms with Crippen LogP contribution in [0.1, 0.15) is 43.1 Å². The number of halogens is 2. The van der Waals surface area contributed by atoms with Gasteiger partial charge in [0.2, 0.25) is 5.91 Å². The van der Waals surface area contributed by atoms with Gasteiger partial charge in [-0.3, -0.25) is 4.79 Å². The van der Waals surface area contributed by atoms with Crippen LogP contribution >= 0.6 is 24.8 Å². The fourth-order valence-corrected chi connectivity index (χ4v) is 3.65. The number of hydrogen-bond donors (Lipinski definition) is 2. The van der Waals surface area contributed by atoms with Crippen LogP contribution in [0.3, 0.4) is 0 Å². The van der Waals surface area contributed by atoms with Crippen molar-refractivity contribution in [3.8, 4) is 5.82 Å². The molecule has 6 nitrogen and oxygen atoms in total. The molecule has 8 heteroatoms. The van der Waals surface area contributed by atoms with Gasteiger partial charge in [-0.2, -0.15) is 5.10 Å². The van der Waals surface area contributed by atoms with Crippen molar-refractivity contribution in [3.63, 3.8) is 0 Å². The van der Waals surface area contributed by atoms with Crippen LogP contribution in [0, 0.1) is 25.7 Å². The van der Waals surface area contributed by atoms with Crippen molar-refractivity contribution in [1.82, 2.24) is 25.4 Å². The molecule has 1 atom stereocenters. The Morgan fingerprint density at radius 2 is 2.00 bits per heavy atom. The van der Waals surface area contributed by atoms with Crippen molar-refractivity contribution in [2.24, 2.45) is 11.8 Å². The second kappa shape index (κ2) is 11.4. The number of piperidine rings is 1. The van der Waals surface area contributed by atoms with E-state index >= 15 is 0 Å². The van der Waals surface area contributed by atoms with Crippen molar-refractivity contribution >= 4 is 30.7 Å². The van der Waals surface area contributed by atoms with Crippen LogP contribution in [0.4, 0.5) is 0 Å². The zero-order chi connectivity index (χ0) is 18.5. The topological polar surface area (TPSA) is 71.8 Å². The van der Waals surface area contributed by atoms with E-state index in [-0.39, 0.29) is 30.7 Å². The number of pyridine rings is 1.